The maximum Gasteiger partial charge on any atom is 0.331 e. The van der Waals surface area contributed by atoms with Gasteiger partial charge in [0.2, 0.25) is 0 Å². The summed E-state index contributed by atoms with van der Waals surface area (Å²) >= 11 is 0. The molecule has 1 saturated heterocycles. The summed E-state index contributed by atoms with van der Waals surface area (Å²) in [6, 6.07) is 0. The molecule has 5 fully saturated rings. The van der Waals surface area contributed by atoms with Gasteiger partial charge in [-0.15, -0.1) is 0 Å². The molecule has 38 heavy (non-hydrogen) atoms. The van der Waals surface area contributed by atoms with Gasteiger partial charge in [0.25, 0.3) is 0 Å². The van der Waals surface area contributed by atoms with Crippen LogP contribution in [0.5, 0.6) is 0 Å². The van der Waals surface area contributed by atoms with E-state index in [1.807, 2.05) is 0 Å². The Morgan fingerprint density at radius 1 is 1.00 bits per heavy atom. The number of aliphatic hydroxyl groups excluding tert-OH is 4. The van der Waals surface area contributed by atoms with Gasteiger partial charge in [-0.3, -0.25) is 0 Å². The minimum Gasteiger partial charge on any atom is -0.458 e. The first kappa shape index (κ1) is 27.1. The van der Waals surface area contributed by atoms with E-state index in [2.05, 4.69) is 6.92 Å². The molecule has 4 aliphatic carbocycles. The van der Waals surface area contributed by atoms with Gasteiger partial charge in [-0.1, -0.05) is 6.92 Å². The van der Waals surface area contributed by atoms with Crippen LogP contribution in [0, 0.1) is 34.5 Å². The van der Waals surface area contributed by atoms with E-state index in [9.17, 15) is 30.3 Å². The van der Waals surface area contributed by atoms with E-state index in [0.717, 1.165) is 50.5 Å². The Kier molecular flexibility index (Phi) is 6.78. The van der Waals surface area contributed by atoms with Crippen LogP contribution in [0.25, 0.3) is 0 Å². The number of aliphatic hydroxyl groups is 5. The topological polar surface area (TPSA) is 146 Å². The Bertz CT molecular complexity index is 970. The van der Waals surface area contributed by atoms with Crippen LogP contribution in [-0.2, 0) is 19.0 Å². The third-order valence-electron chi connectivity index (χ3n) is 12.1. The van der Waals surface area contributed by atoms with Crippen LogP contribution < -0.4 is 0 Å². The maximum atomic E-state index is 12.4. The standard InChI is InChI=1S/C29H44O9/c1-15-23(32)24(33)25(34)26(37-15)38-18-5-9-28(14-30)17(12-18)3-4-21-20(28)6-8-27(2)19(7-10-29(21,27)35)16-11-22(31)36-13-16/h11,15,17-21,23-26,30,32-35H,3-10,12-14H2,1-2H3/t15-,17+,18-,19+,20-,21+,23-,24+,25+,26-,27+,28+,29-/m0/s1. The number of cyclic esters (lactones) is 1. The number of rotatable bonds is 4. The number of hydrogen-bond donors (Lipinski definition) is 5. The fourth-order valence-electron chi connectivity index (χ4n) is 9.91. The van der Waals surface area contributed by atoms with Crippen molar-refractivity contribution < 1.29 is 44.5 Å². The van der Waals surface area contributed by atoms with Gasteiger partial charge in [-0.05, 0) is 99.4 Å². The van der Waals surface area contributed by atoms with Crippen LogP contribution in [0.15, 0.2) is 11.6 Å². The summed E-state index contributed by atoms with van der Waals surface area (Å²) in [5.74, 6) is 0.414. The molecule has 9 heteroatoms. The Hall–Kier alpha value is -1.07. The highest BCUT2D eigenvalue weighted by molar-refractivity contribution is 5.85. The maximum absolute atomic E-state index is 12.4. The molecule has 0 spiro atoms. The van der Waals surface area contributed by atoms with Crippen molar-refractivity contribution in [3.05, 3.63) is 11.6 Å². The van der Waals surface area contributed by atoms with Crippen LogP contribution in [0.4, 0.5) is 0 Å². The zero-order valence-electron chi connectivity index (χ0n) is 22.5. The van der Waals surface area contributed by atoms with Crippen molar-refractivity contribution in [1.29, 1.82) is 0 Å². The fraction of sp³-hybridized carbons (Fsp3) is 0.897. The van der Waals surface area contributed by atoms with Crippen LogP contribution in [0.1, 0.15) is 71.6 Å². The molecule has 4 saturated carbocycles. The molecule has 2 aliphatic heterocycles. The van der Waals surface area contributed by atoms with Gasteiger partial charge < -0.3 is 39.7 Å². The predicted molar refractivity (Wildman–Crippen MR) is 134 cm³/mol. The van der Waals surface area contributed by atoms with Crippen molar-refractivity contribution in [2.24, 2.45) is 34.5 Å². The van der Waals surface area contributed by atoms with E-state index in [0.29, 0.717) is 19.4 Å². The molecule has 13 atom stereocenters. The lowest BCUT2D eigenvalue weighted by molar-refractivity contribution is -0.311. The molecular formula is C29H44O9. The molecule has 214 valence electrons. The molecule has 9 nitrogen and oxygen atoms in total. The summed E-state index contributed by atoms with van der Waals surface area (Å²) in [5, 5.41) is 53.9. The lowest BCUT2D eigenvalue weighted by atomic mass is 9.43. The Labute approximate surface area is 224 Å². The molecule has 0 aromatic heterocycles. The third-order valence-corrected chi connectivity index (χ3v) is 12.1. The summed E-state index contributed by atoms with van der Waals surface area (Å²) in [6.45, 7) is 4.27. The van der Waals surface area contributed by atoms with Gasteiger partial charge >= 0.3 is 5.97 Å². The number of carbonyl (C=O) groups is 1. The predicted octanol–water partition coefficient (Wildman–Crippen LogP) is 1.43. The zero-order valence-corrected chi connectivity index (χ0v) is 22.5. The normalized spacial score (nSPS) is 54.5. The molecule has 0 aromatic carbocycles. The zero-order chi connectivity index (χ0) is 27.0. The lowest BCUT2D eigenvalue weighted by Crippen LogP contribution is -2.64. The second kappa shape index (κ2) is 9.50. The SMILES string of the molecule is C[C@@H]1O[C@@H](O[C@H]2CC[C@@]3(CO)[C@H](CC[C@@H]4[C@@H]3CC[C@]3(C)[C@@H](C5=CC(=O)OC5)CC[C@]43O)C2)[C@H](O)[C@H](O)[C@H]1O. The first-order chi connectivity index (χ1) is 18.0. The van der Waals surface area contributed by atoms with E-state index in [1.165, 1.54) is 0 Å². The van der Waals surface area contributed by atoms with Gasteiger partial charge in [0.05, 0.1) is 17.8 Å². The van der Waals surface area contributed by atoms with Crippen molar-refractivity contribution in [3.8, 4) is 0 Å². The van der Waals surface area contributed by atoms with Gasteiger partial charge in [0, 0.05) is 18.1 Å². The first-order valence-electron chi connectivity index (χ1n) is 14.6. The molecule has 0 radical (unpaired) electrons. The first-order valence-corrected chi connectivity index (χ1v) is 14.6. The van der Waals surface area contributed by atoms with Crippen molar-refractivity contribution in [3.63, 3.8) is 0 Å². The number of fused-ring (bicyclic) bond motifs is 5. The Morgan fingerprint density at radius 3 is 2.50 bits per heavy atom. The van der Waals surface area contributed by atoms with Crippen LogP contribution in [-0.4, -0.2) is 87.1 Å². The van der Waals surface area contributed by atoms with E-state index in [1.54, 1.807) is 13.0 Å². The van der Waals surface area contributed by atoms with Gasteiger partial charge in [0.1, 0.15) is 24.9 Å². The van der Waals surface area contributed by atoms with Crippen molar-refractivity contribution in [2.45, 2.75) is 114 Å². The summed E-state index contributed by atoms with van der Waals surface area (Å²) in [5.41, 5.74) is -0.401. The minimum absolute atomic E-state index is 0.0831. The van der Waals surface area contributed by atoms with E-state index in [-0.39, 0.29) is 53.2 Å². The van der Waals surface area contributed by atoms with E-state index in [4.69, 9.17) is 14.2 Å². The molecule has 0 unspecified atom stereocenters. The van der Waals surface area contributed by atoms with E-state index < -0.39 is 36.3 Å². The highest BCUT2D eigenvalue weighted by Gasteiger charge is 2.68. The highest BCUT2D eigenvalue weighted by Crippen LogP contribution is 2.70. The smallest absolute Gasteiger partial charge is 0.331 e. The Morgan fingerprint density at radius 2 is 1.79 bits per heavy atom. The summed E-state index contributed by atoms with van der Waals surface area (Å²) in [6.07, 6.45) is 3.35. The number of hydrogen-bond acceptors (Lipinski definition) is 9. The molecule has 0 amide bonds. The van der Waals surface area contributed by atoms with Crippen molar-refractivity contribution >= 4 is 5.97 Å². The van der Waals surface area contributed by atoms with Crippen LogP contribution in [0.2, 0.25) is 0 Å². The summed E-state index contributed by atoms with van der Waals surface area (Å²) < 4.78 is 17.1. The van der Waals surface area contributed by atoms with Crippen LogP contribution >= 0.6 is 0 Å². The lowest BCUT2D eigenvalue weighted by Gasteiger charge is -2.64. The molecule has 6 aliphatic rings. The van der Waals surface area contributed by atoms with Crippen molar-refractivity contribution in [1.82, 2.24) is 0 Å². The average molecular weight is 537 g/mol. The van der Waals surface area contributed by atoms with Crippen LogP contribution in [0.3, 0.4) is 0 Å². The molecular weight excluding hydrogens is 492 g/mol. The second-order valence-corrected chi connectivity index (χ2v) is 13.4. The molecule has 5 N–H and O–H groups in total. The monoisotopic (exact) mass is 536 g/mol. The third kappa shape index (κ3) is 3.80. The average Bonchev–Trinajstić information content (AvgIpc) is 3.45. The number of esters is 1. The Balaban J connectivity index is 1.19. The van der Waals surface area contributed by atoms with Gasteiger partial charge in [0.15, 0.2) is 6.29 Å². The number of carbonyl (C=O) groups excluding carboxylic acids is 1. The summed E-state index contributed by atoms with van der Waals surface area (Å²) in [7, 11) is 0. The van der Waals surface area contributed by atoms with Gasteiger partial charge in [-0.25, -0.2) is 4.79 Å². The largest absolute Gasteiger partial charge is 0.458 e. The number of ether oxygens (including phenoxy) is 3. The molecule has 6 rings (SSSR count). The quantitative estimate of drug-likeness (QED) is 0.266. The fourth-order valence-corrected chi connectivity index (χ4v) is 9.91. The van der Waals surface area contributed by atoms with Crippen molar-refractivity contribution in [2.75, 3.05) is 13.2 Å². The minimum atomic E-state index is -1.32. The second-order valence-electron chi connectivity index (χ2n) is 13.4. The molecule has 2 heterocycles. The van der Waals surface area contributed by atoms with Gasteiger partial charge in [-0.2, -0.15) is 0 Å². The highest BCUT2D eigenvalue weighted by atomic mass is 16.7. The molecule has 0 aromatic rings. The molecule has 0 bridgehead atoms. The van der Waals surface area contributed by atoms with E-state index >= 15 is 0 Å². The summed E-state index contributed by atoms with van der Waals surface area (Å²) in [4.78, 5) is 11.8.